The van der Waals surface area contributed by atoms with Gasteiger partial charge in [-0.25, -0.2) is 5.43 Å². The third kappa shape index (κ3) is 6.04. The average Bonchev–Trinajstić information content (AvgIpc) is 3.11. The van der Waals surface area contributed by atoms with E-state index in [0.717, 1.165) is 11.1 Å². The SMILES string of the molecule is CC(/C=C/c1ccccc1)=N\NC(=O)CSc1nnc(-c2ccc(Cl)cc2)n1C. The number of amides is 1. The summed E-state index contributed by atoms with van der Waals surface area (Å²) >= 11 is 7.22. The molecule has 0 aliphatic rings. The maximum absolute atomic E-state index is 12.1. The van der Waals surface area contributed by atoms with Gasteiger partial charge in [0.15, 0.2) is 11.0 Å². The summed E-state index contributed by atoms with van der Waals surface area (Å²) in [5, 5.41) is 13.8. The second-order valence-corrected chi connectivity index (χ2v) is 7.57. The van der Waals surface area contributed by atoms with Crippen LogP contribution in [0, 0.1) is 0 Å². The van der Waals surface area contributed by atoms with Gasteiger partial charge in [0.25, 0.3) is 5.91 Å². The monoisotopic (exact) mass is 425 g/mol. The summed E-state index contributed by atoms with van der Waals surface area (Å²) in [4.78, 5) is 12.1. The molecule has 0 saturated carbocycles. The van der Waals surface area contributed by atoms with Gasteiger partial charge in [0.2, 0.25) is 0 Å². The zero-order valence-electron chi connectivity index (χ0n) is 16.0. The van der Waals surface area contributed by atoms with Crippen molar-refractivity contribution in [3.63, 3.8) is 0 Å². The highest BCUT2D eigenvalue weighted by Gasteiger charge is 2.12. The van der Waals surface area contributed by atoms with Crippen LogP contribution in [0.5, 0.6) is 0 Å². The fourth-order valence-corrected chi connectivity index (χ4v) is 3.25. The quantitative estimate of drug-likeness (QED) is 0.345. The topological polar surface area (TPSA) is 72.2 Å². The Balaban J connectivity index is 1.53. The smallest absolute Gasteiger partial charge is 0.250 e. The number of nitrogens with one attached hydrogen (secondary N) is 1. The molecule has 1 amide bonds. The molecule has 29 heavy (non-hydrogen) atoms. The molecule has 0 aliphatic heterocycles. The number of hydrogen-bond acceptors (Lipinski definition) is 5. The molecule has 0 fully saturated rings. The van der Waals surface area contributed by atoms with Crippen molar-refractivity contribution in [3.8, 4) is 11.4 Å². The molecule has 148 valence electrons. The van der Waals surface area contributed by atoms with Crippen molar-refractivity contribution in [2.45, 2.75) is 12.1 Å². The molecule has 0 saturated heterocycles. The molecule has 0 spiro atoms. The molecule has 0 atom stereocenters. The van der Waals surface area contributed by atoms with Crippen LogP contribution in [0.25, 0.3) is 17.5 Å². The lowest BCUT2D eigenvalue weighted by Crippen LogP contribution is -2.20. The van der Waals surface area contributed by atoms with Crippen LogP contribution >= 0.6 is 23.4 Å². The fourth-order valence-electron chi connectivity index (χ4n) is 2.42. The molecule has 3 aromatic rings. The Morgan fingerprint density at radius 1 is 1.17 bits per heavy atom. The van der Waals surface area contributed by atoms with E-state index in [1.165, 1.54) is 11.8 Å². The van der Waals surface area contributed by atoms with Crippen molar-refractivity contribution < 1.29 is 4.79 Å². The van der Waals surface area contributed by atoms with Gasteiger partial charge in [-0.05, 0) is 42.8 Å². The minimum atomic E-state index is -0.210. The standard InChI is InChI=1S/C21H20ClN5OS/c1-15(8-9-16-6-4-3-5-7-16)23-24-19(28)14-29-21-26-25-20(27(21)2)17-10-12-18(22)13-11-17/h3-13H,14H2,1-2H3,(H,24,28)/b9-8+,23-15+. The van der Waals surface area contributed by atoms with E-state index in [2.05, 4.69) is 20.7 Å². The molecule has 6 nitrogen and oxygen atoms in total. The first-order chi connectivity index (χ1) is 14.0. The van der Waals surface area contributed by atoms with Crippen molar-refractivity contribution in [1.82, 2.24) is 20.2 Å². The summed E-state index contributed by atoms with van der Waals surface area (Å²) in [7, 11) is 1.86. The molecule has 3 rings (SSSR count). The molecule has 0 radical (unpaired) electrons. The Morgan fingerprint density at radius 3 is 2.62 bits per heavy atom. The van der Waals surface area contributed by atoms with Crippen LogP contribution in [0.1, 0.15) is 12.5 Å². The normalized spacial score (nSPS) is 11.8. The molecule has 1 heterocycles. The largest absolute Gasteiger partial charge is 0.305 e. The van der Waals surface area contributed by atoms with E-state index in [1.807, 2.05) is 73.2 Å². The van der Waals surface area contributed by atoms with E-state index in [9.17, 15) is 4.79 Å². The number of hydrazone groups is 1. The van der Waals surface area contributed by atoms with Gasteiger partial charge < -0.3 is 4.57 Å². The lowest BCUT2D eigenvalue weighted by atomic mass is 10.2. The number of carbonyl (C=O) groups excluding carboxylic acids is 1. The molecule has 2 aromatic carbocycles. The lowest BCUT2D eigenvalue weighted by molar-refractivity contribution is -0.118. The van der Waals surface area contributed by atoms with Gasteiger partial charge in [0.05, 0.1) is 11.5 Å². The highest BCUT2D eigenvalue weighted by Crippen LogP contribution is 2.23. The number of carbonyl (C=O) groups is 1. The second-order valence-electron chi connectivity index (χ2n) is 6.19. The van der Waals surface area contributed by atoms with Gasteiger partial charge in [-0.2, -0.15) is 5.10 Å². The number of benzene rings is 2. The first-order valence-electron chi connectivity index (χ1n) is 8.87. The summed E-state index contributed by atoms with van der Waals surface area (Å²) in [6, 6.07) is 17.3. The highest BCUT2D eigenvalue weighted by molar-refractivity contribution is 7.99. The van der Waals surface area contributed by atoms with Gasteiger partial charge >= 0.3 is 0 Å². The van der Waals surface area contributed by atoms with Crippen molar-refractivity contribution in [3.05, 3.63) is 71.3 Å². The number of halogens is 1. The van der Waals surface area contributed by atoms with Gasteiger partial charge in [-0.15, -0.1) is 10.2 Å². The minimum absolute atomic E-state index is 0.186. The third-order valence-corrected chi connectivity index (χ3v) is 5.22. The maximum atomic E-state index is 12.1. The first-order valence-corrected chi connectivity index (χ1v) is 10.2. The molecule has 0 bridgehead atoms. The molecular formula is C21H20ClN5OS. The van der Waals surface area contributed by atoms with Gasteiger partial charge in [-0.3, -0.25) is 4.79 Å². The summed E-state index contributed by atoms with van der Waals surface area (Å²) in [6.45, 7) is 1.83. The zero-order valence-corrected chi connectivity index (χ0v) is 17.6. The molecule has 8 heteroatoms. The van der Waals surface area contributed by atoms with E-state index >= 15 is 0 Å². The second kappa shape index (κ2) is 10.0. The lowest BCUT2D eigenvalue weighted by Gasteiger charge is -2.04. The summed E-state index contributed by atoms with van der Waals surface area (Å²) in [6.07, 6.45) is 3.79. The number of hydrogen-bond donors (Lipinski definition) is 1. The van der Waals surface area contributed by atoms with E-state index in [4.69, 9.17) is 11.6 Å². The van der Waals surface area contributed by atoms with Crippen molar-refractivity contribution in [2.75, 3.05) is 5.75 Å². The number of rotatable bonds is 7. The van der Waals surface area contributed by atoms with E-state index in [-0.39, 0.29) is 11.7 Å². The molecule has 1 N–H and O–H groups in total. The van der Waals surface area contributed by atoms with Crippen molar-refractivity contribution >= 4 is 41.1 Å². The van der Waals surface area contributed by atoms with E-state index in [0.29, 0.717) is 21.7 Å². The summed E-state index contributed by atoms with van der Waals surface area (Å²) in [5.41, 5.74) is 5.24. The predicted octanol–water partition coefficient (Wildman–Crippen LogP) is 4.43. The van der Waals surface area contributed by atoms with Crippen LogP contribution in [0.3, 0.4) is 0 Å². The van der Waals surface area contributed by atoms with Crippen LogP contribution in [0.4, 0.5) is 0 Å². The Hall–Kier alpha value is -2.90. The molecule has 1 aromatic heterocycles. The Bertz CT molecular complexity index is 1030. The highest BCUT2D eigenvalue weighted by atomic mass is 35.5. The van der Waals surface area contributed by atoms with Gasteiger partial charge in [-0.1, -0.05) is 59.8 Å². The van der Waals surface area contributed by atoms with E-state index < -0.39 is 0 Å². The molecule has 0 aliphatic carbocycles. The van der Waals surface area contributed by atoms with Crippen molar-refractivity contribution in [2.24, 2.45) is 12.1 Å². The average molecular weight is 426 g/mol. The van der Waals surface area contributed by atoms with Crippen LogP contribution < -0.4 is 5.43 Å². The number of allylic oxidation sites excluding steroid dienone is 1. The Labute approximate surface area is 178 Å². The van der Waals surface area contributed by atoms with Gasteiger partial charge in [0, 0.05) is 17.6 Å². The van der Waals surface area contributed by atoms with Crippen LogP contribution in [0.2, 0.25) is 5.02 Å². The third-order valence-electron chi connectivity index (χ3n) is 3.94. The number of thioether (sulfide) groups is 1. The minimum Gasteiger partial charge on any atom is -0.305 e. The molecule has 0 unspecified atom stereocenters. The number of nitrogens with zero attached hydrogens (tertiary/aromatic N) is 4. The van der Waals surface area contributed by atoms with Crippen LogP contribution in [0.15, 0.2) is 70.9 Å². The predicted molar refractivity (Wildman–Crippen MR) is 119 cm³/mol. The van der Waals surface area contributed by atoms with Gasteiger partial charge in [0.1, 0.15) is 0 Å². The fraction of sp³-hybridized carbons (Fsp3) is 0.143. The molecular weight excluding hydrogens is 406 g/mol. The number of aromatic nitrogens is 3. The van der Waals surface area contributed by atoms with Crippen LogP contribution in [-0.4, -0.2) is 32.1 Å². The Morgan fingerprint density at radius 2 is 1.90 bits per heavy atom. The van der Waals surface area contributed by atoms with Crippen molar-refractivity contribution in [1.29, 1.82) is 0 Å². The maximum Gasteiger partial charge on any atom is 0.250 e. The summed E-state index contributed by atoms with van der Waals surface area (Å²) in [5.74, 6) is 0.689. The first kappa shape index (κ1) is 20.8. The summed E-state index contributed by atoms with van der Waals surface area (Å²) < 4.78 is 1.85. The van der Waals surface area contributed by atoms with E-state index in [1.54, 1.807) is 12.1 Å². The zero-order chi connectivity index (χ0) is 20.6. The Kier molecular flexibility index (Phi) is 7.21. The van der Waals surface area contributed by atoms with Crippen LogP contribution in [-0.2, 0) is 11.8 Å².